The maximum atomic E-state index is 11.7. The number of hydrogen-bond donors (Lipinski definition) is 1. The van der Waals surface area contributed by atoms with E-state index in [4.69, 9.17) is 9.47 Å². The molecular weight excluding hydrogens is 226 g/mol. The Labute approximate surface area is 99.6 Å². The molecule has 6 heteroatoms. The molecule has 1 aliphatic heterocycles. The Morgan fingerprint density at radius 3 is 2.24 bits per heavy atom. The van der Waals surface area contributed by atoms with Gasteiger partial charge in [-0.15, -0.1) is 0 Å². The molecule has 0 spiro atoms. The van der Waals surface area contributed by atoms with Crippen LogP contribution in [0.25, 0.3) is 0 Å². The second kappa shape index (κ2) is 5.65. The van der Waals surface area contributed by atoms with Crippen molar-refractivity contribution in [3.05, 3.63) is 0 Å². The van der Waals surface area contributed by atoms with Crippen LogP contribution in [-0.2, 0) is 23.9 Å². The molecule has 17 heavy (non-hydrogen) atoms. The summed E-state index contributed by atoms with van der Waals surface area (Å²) < 4.78 is 9.68. The molecule has 0 bridgehead atoms. The van der Waals surface area contributed by atoms with E-state index in [0.717, 1.165) is 0 Å². The summed E-state index contributed by atoms with van der Waals surface area (Å²) in [6.07, 6.45) is 0. The van der Waals surface area contributed by atoms with Gasteiger partial charge in [-0.3, -0.25) is 9.59 Å². The van der Waals surface area contributed by atoms with Crippen molar-refractivity contribution in [2.45, 2.75) is 26.8 Å². The van der Waals surface area contributed by atoms with Gasteiger partial charge in [0.1, 0.15) is 6.04 Å². The standard InChI is InChI=1S/C11H17NO5/c1-4-16-10(14)7-6(3)9(13)12-8(7)11(15)17-5-2/h6-8H,4-5H2,1-3H3,(H,12,13). The van der Waals surface area contributed by atoms with E-state index < -0.39 is 29.8 Å². The van der Waals surface area contributed by atoms with Crippen LogP contribution in [0.3, 0.4) is 0 Å². The van der Waals surface area contributed by atoms with Crippen LogP contribution in [0.5, 0.6) is 0 Å². The topological polar surface area (TPSA) is 81.7 Å². The molecular formula is C11H17NO5. The Hall–Kier alpha value is -1.59. The smallest absolute Gasteiger partial charge is 0.329 e. The largest absolute Gasteiger partial charge is 0.466 e. The highest BCUT2D eigenvalue weighted by atomic mass is 16.5. The van der Waals surface area contributed by atoms with Gasteiger partial charge in [-0.1, -0.05) is 6.92 Å². The molecule has 1 fully saturated rings. The minimum absolute atomic E-state index is 0.204. The van der Waals surface area contributed by atoms with Crippen LogP contribution in [0.4, 0.5) is 0 Å². The van der Waals surface area contributed by atoms with Crippen LogP contribution in [0.2, 0.25) is 0 Å². The van der Waals surface area contributed by atoms with Gasteiger partial charge in [0.25, 0.3) is 0 Å². The van der Waals surface area contributed by atoms with Gasteiger partial charge in [-0.05, 0) is 13.8 Å². The van der Waals surface area contributed by atoms with E-state index in [1.807, 2.05) is 0 Å². The minimum Gasteiger partial charge on any atom is -0.466 e. The molecule has 6 nitrogen and oxygen atoms in total. The van der Waals surface area contributed by atoms with Crippen molar-refractivity contribution in [3.63, 3.8) is 0 Å². The molecule has 0 aromatic carbocycles. The normalized spacial score (nSPS) is 27.5. The first kappa shape index (κ1) is 13.5. The third kappa shape index (κ3) is 2.75. The SMILES string of the molecule is CCOC(=O)C1NC(=O)C(C)C1C(=O)OCC. The molecule has 96 valence electrons. The number of carbonyl (C=O) groups is 3. The fraction of sp³-hybridized carbons (Fsp3) is 0.727. The first-order valence-electron chi connectivity index (χ1n) is 5.66. The minimum atomic E-state index is -0.934. The van der Waals surface area contributed by atoms with E-state index >= 15 is 0 Å². The fourth-order valence-corrected chi connectivity index (χ4v) is 1.84. The van der Waals surface area contributed by atoms with E-state index in [0.29, 0.717) is 0 Å². The Kier molecular flexibility index (Phi) is 4.48. The van der Waals surface area contributed by atoms with Crippen molar-refractivity contribution >= 4 is 17.8 Å². The third-order valence-corrected chi connectivity index (χ3v) is 2.71. The number of nitrogens with one attached hydrogen (secondary N) is 1. The van der Waals surface area contributed by atoms with Gasteiger partial charge in [-0.2, -0.15) is 0 Å². The van der Waals surface area contributed by atoms with Gasteiger partial charge in [0.05, 0.1) is 25.0 Å². The summed E-state index contributed by atoms with van der Waals surface area (Å²) in [4.78, 5) is 34.8. The molecule has 1 N–H and O–H groups in total. The molecule has 1 aliphatic rings. The van der Waals surface area contributed by atoms with E-state index in [1.54, 1.807) is 20.8 Å². The van der Waals surface area contributed by atoms with Gasteiger partial charge < -0.3 is 14.8 Å². The average Bonchev–Trinajstić information content (AvgIpc) is 2.56. The Balaban J connectivity index is 2.84. The van der Waals surface area contributed by atoms with Gasteiger partial charge in [0.15, 0.2) is 0 Å². The zero-order valence-electron chi connectivity index (χ0n) is 10.2. The predicted molar refractivity (Wildman–Crippen MR) is 57.9 cm³/mol. The highest BCUT2D eigenvalue weighted by Gasteiger charge is 2.49. The zero-order chi connectivity index (χ0) is 13.0. The summed E-state index contributed by atoms with van der Waals surface area (Å²) in [6.45, 7) is 5.35. The van der Waals surface area contributed by atoms with Crippen LogP contribution in [0.1, 0.15) is 20.8 Å². The fourth-order valence-electron chi connectivity index (χ4n) is 1.84. The van der Waals surface area contributed by atoms with E-state index in [-0.39, 0.29) is 19.1 Å². The van der Waals surface area contributed by atoms with Crippen LogP contribution >= 0.6 is 0 Å². The van der Waals surface area contributed by atoms with Crippen molar-refractivity contribution in [3.8, 4) is 0 Å². The molecule has 1 rings (SSSR count). The first-order valence-corrected chi connectivity index (χ1v) is 5.66. The van der Waals surface area contributed by atoms with E-state index in [9.17, 15) is 14.4 Å². The van der Waals surface area contributed by atoms with Gasteiger partial charge in [-0.25, -0.2) is 4.79 Å². The Bertz CT molecular complexity index is 328. The molecule has 1 heterocycles. The number of carbonyl (C=O) groups excluding carboxylic acids is 3. The lowest BCUT2D eigenvalue weighted by Gasteiger charge is -2.17. The molecule has 3 unspecified atom stereocenters. The molecule has 3 atom stereocenters. The second-order valence-electron chi connectivity index (χ2n) is 3.80. The van der Waals surface area contributed by atoms with Crippen molar-refractivity contribution in [1.29, 1.82) is 0 Å². The van der Waals surface area contributed by atoms with Crippen LogP contribution in [-0.4, -0.2) is 37.1 Å². The van der Waals surface area contributed by atoms with Gasteiger partial charge >= 0.3 is 11.9 Å². The molecule has 1 saturated heterocycles. The van der Waals surface area contributed by atoms with Gasteiger partial charge in [0, 0.05) is 0 Å². The van der Waals surface area contributed by atoms with E-state index in [1.165, 1.54) is 0 Å². The summed E-state index contributed by atoms with van der Waals surface area (Å²) in [5, 5.41) is 2.46. The summed E-state index contributed by atoms with van der Waals surface area (Å²) in [5.74, 6) is -2.86. The lowest BCUT2D eigenvalue weighted by atomic mass is 9.92. The lowest BCUT2D eigenvalue weighted by Crippen LogP contribution is -2.41. The van der Waals surface area contributed by atoms with Crippen LogP contribution in [0, 0.1) is 11.8 Å². The summed E-state index contributed by atoms with van der Waals surface area (Å²) in [6, 6.07) is -0.934. The molecule has 0 aromatic heterocycles. The van der Waals surface area contributed by atoms with Crippen molar-refractivity contribution < 1.29 is 23.9 Å². The quantitative estimate of drug-likeness (QED) is 0.695. The molecule has 0 saturated carbocycles. The summed E-state index contributed by atoms with van der Waals surface area (Å²) in [7, 11) is 0. The zero-order valence-corrected chi connectivity index (χ0v) is 10.2. The van der Waals surface area contributed by atoms with Crippen molar-refractivity contribution in [1.82, 2.24) is 5.32 Å². The lowest BCUT2D eigenvalue weighted by molar-refractivity contribution is -0.157. The highest BCUT2D eigenvalue weighted by Crippen LogP contribution is 2.25. The number of esters is 2. The van der Waals surface area contributed by atoms with Crippen molar-refractivity contribution in [2.75, 3.05) is 13.2 Å². The maximum Gasteiger partial charge on any atom is 0.329 e. The summed E-state index contributed by atoms with van der Waals surface area (Å²) in [5.41, 5.74) is 0. The first-order chi connectivity index (χ1) is 8.02. The third-order valence-electron chi connectivity index (χ3n) is 2.71. The Morgan fingerprint density at radius 1 is 1.18 bits per heavy atom. The Morgan fingerprint density at radius 2 is 1.71 bits per heavy atom. The van der Waals surface area contributed by atoms with Crippen LogP contribution in [0.15, 0.2) is 0 Å². The number of amides is 1. The molecule has 0 aromatic rings. The summed E-state index contributed by atoms with van der Waals surface area (Å²) >= 11 is 0. The monoisotopic (exact) mass is 243 g/mol. The molecule has 0 aliphatic carbocycles. The van der Waals surface area contributed by atoms with Gasteiger partial charge in [0.2, 0.25) is 5.91 Å². The number of hydrogen-bond acceptors (Lipinski definition) is 5. The van der Waals surface area contributed by atoms with E-state index in [2.05, 4.69) is 5.32 Å². The average molecular weight is 243 g/mol. The second-order valence-corrected chi connectivity index (χ2v) is 3.80. The maximum absolute atomic E-state index is 11.7. The number of ether oxygens (including phenoxy) is 2. The number of rotatable bonds is 4. The van der Waals surface area contributed by atoms with Crippen LogP contribution < -0.4 is 5.32 Å². The highest BCUT2D eigenvalue weighted by molar-refractivity contribution is 5.97. The molecule has 0 radical (unpaired) electrons. The predicted octanol–water partition coefficient (Wildman–Crippen LogP) is -0.137. The van der Waals surface area contributed by atoms with Crippen molar-refractivity contribution in [2.24, 2.45) is 11.8 Å². The molecule has 1 amide bonds.